The number of nitrogens with one attached hydrogen (secondary N) is 1. The van der Waals surface area contributed by atoms with Crippen LogP contribution in [-0.4, -0.2) is 11.0 Å². The second-order valence-electron chi connectivity index (χ2n) is 3.69. The van der Waals surface area contributed by atoms with Crippen LogP contribution >= 0.6 is 11.3 Å². The Kier molecular flexibility index (Phi) is 3.56. The molecule has 0 aliphatic carbocycles. The van der Waals surface area contributed by atoms with Crippen molar-refractivity contribution < 1.29 is 9.90 Å². The number of para-hydroxylation sites is 1. The van der Waals surface area contributed by atoms with Crippen molar-refractivity contribution in [2.45, 2.75) is 13.0 Å². The van der Waals surface area contributed by atoms with E-state index in [0.29, 0.717) is 10.6 Å². The highest BCUT2D eigenvalue weighted by Crippen LogP contribution is 2.23. The summed E-state index contributed by atoms with van der Waals surface area (Å²) in [5.41, 5.74) is 1.37. The molecule has 3 nitrogen and oxygen atoms in total. The zero-order valence-corrected chi connectivity index (χ0v) is 10.2. The van der Waals surface area contributed by atoms with E-state index in [9.17, 15) is 9.90 Å². The fourth-order valence-corrected chi connectivity index (χ4v) is 2.19. The molecule has 0 spiro atoms. The molecule has 1 amide bonds. The molecular weight excluding hydrogens is 234 g/mol. The first-order valence-corrected chi connectivity index (χ1v) is 6.18. The van der Waals surface area contributed by atoms with Gasteiger partial charge in [0.15, 0.2) is 0 Å². The van der Waals surface area contributed by atoms with Gasteiger partial charge in [0.1, 0.15) is 0 Å². The Balaban J connectivity index is 2.22. The molecule has 4 heteroatoms. The summed E-state index contributed by atoms with van der Waals surface area (Å²) in [7, 11) is 0. The number of carbonyl (C=O) groups is 1. The lowest BCUT2D eigenvalue weighted by atomic mass is 10.1. The number of carbonyl (C=O) groups excluding carboxylic acids is 1. The Morgan fingerprint density at radius 3 is 2.71 bits per heavy atom. The molecule has 0 saturated heterocycles. The number of aliphatic hydroxyl groups excluding tert-OH is 1. The van der Waals surface area contributed by atoms with Gasteiger partial charge >= 0.3 is 0 Å². The molecular formula is C13H13NO2S. The first-order valence-electron chi connectivity index (χ1n) is 5.30. The second-order valence-corrected chi connectivity index (χ2v) is 4.64. The summed E-state index contributed by atoms with van der Waals surface area (Å²) in [6.45, 7) is 1.68. The maximum atomic E-state index is 11.9. The number of hydrogen-bond acceptors (Lipinski definition) is 3. The summed E-state index contributed by atoms with van der Waals surface area (Å²) in [5.74, 6) is -0.145. The van der Waals surface area contributed by atoms with Crippen LogP contribution in [0.2, 0.25) is 0 Å². The molecule has 0 aliphatic heterocycles. The molecule has 2 rings (SSSR count). The topological polar surface area (TPSA) is 49.3 Å². The number of benzene rings is 1. The minimum atomic E-state index is -0.602. The maximum Gasteiger partial charge on any atom is 0.265 e. The second kappa shape index (κ2) is 5.12. The van der Waals surface area contributed by atoms with Crippen molar-refractivity contribution in [2.24, 2.45) is 0 Å². The molecule has 0 saturated carbocycles. The predicted molar refractivity (Wildman–Crippen MR) is 69.3 cm³/mol. The standard InChI is InChI=1S/C13H13NO2S/c1-9(15)10-5-2-3-6-11(10)14-13(16)12-7-4-8-17-12/h2-9,15H,1H3,(H,14,16). The van der Waals surface area contributed by atoms with Gasteiger partial charge in [-0.25, -0.2) is 0 Å². The molecule has 2 N–H and O–H groups in total. The van der Waals surface area contributed by atoms with Gasteiger partial charge in [-0.2, -0.15) is 0 Å². The quantitative estimate of drug-likeness (QED) is 0.875. The van der Waals surface area contributed by atoms with Gasteiger partial charge in [0.05, 0.1) is 11.0 Å². The monoisotopic (exact) mass is 247 g/mol. The first kappa shape index (κ1) is 11.8. The number of aliphatic hydroxyl groups is 1. The van der Waals surface area contributed by atoms with E-state index in [1.54, 1.807) is 25.1 Å². The molecule has 1 atom stereocenters. The molecule has 0 aliphatic rings. The number of hydrogen-bond donors (Lipinski definition) is 2. The summed E-state index contributed by atoms with van der Waals surface area (Å²) in [6.07, 6.45) is -0.602. The van der Waals surface area contributed by atoms with Crippen LogP contribution in [0.4, 0.5) is 5.69 Å². The lowest BCUT2D eigenvalue weighted by molar-refractivity contribution is 0.103. The molecule has 2 aromatic rings. The third-order valence-corrected chi connectivity index (χ3v) is 3.27. The summed E-state index contributed by atoms with van der Waals surface area (Å²) >= 11 is 1.39. The third kappa shape index (κ3) is 2.72. The molecule has 88 valence electrons. The molecule has 17 heavy (non-hydrogen) atoms. The number of amides is 1. The number of thiophene rings is 1. The fraction of sp³-hybridized carbons (Fsp3) is 0.154. The zero-order valence-electron chi connectivity index (χ0n) is 9.38. The average Bonchev–Trinajstić information content (AvgIpc) is 2.83. The minimum absolute atomic E-state index is 0.145. The smallest absolute Gasteiger partial charge is 0.265 e. The van der Waals surface area contributed by atoms with Gasteiger partial charge in [0, 0.05) is 11.3 Å². The molecule has 1 aromatic heterocycles. The Morgan fingerprint density at radius 2 is 2.06 bits per heavy atom. The zero-order chi connectivity index (χ0) is 12.3. The first-order chi connectivity index (χ1) is 8.18. The van der Waals surface area contributed by atoms with E-state index < -0.39 is 6.10 Å². The van der Waals surface area contributed by atoms with Gasteiger partial charge in [0.2, 0.25) is 0 Å². The van der Waals surface area contributed by atoms with Gasteiger partial charge in [-0.15, -0.1) is 11.3 Å². The van der Waals surface area contributed by atoms with E-state index in [1.807, 2.05) is 23.6 Å². The summed E-state index contributed by atoms with van der Waals surface area (Å²) in [5, 5.41) is 14.3. The SMILES string of the molecule is CC(O)c1ccccc1NC(=O)c1cccs1. The van der Waals surface area contributed by atoms with Crippen molar-refractivity contribution in [2.75, 3.05) is 5.32 Å². The lowest BCUT2D eigenvalue weighted by Gasteiger charge is -2.12. The van der Waals surface area contributed by atoms with Crippen molar-refractivity contribution in [3.63, 3.8) is 0 Å². The Morgan fingerprint density at radius 1 is 1.29 bits per heavy atom. The van der Waals surface area contributed by atoms with E-state index in [2.05, 4.69) is 5.32 Å². The van der Waals surface area contributed by atoms with Crippen LogP contribution in [0.3, 0.4) is 0 Å². The van der Waals surface area contributed by atoms with Crippen LogP contribution < -0.4 is 5.32 Å². The normalized spacial score (nSPS) is 12.1. The highest BCUT2D eigenvalue weighted by molar-refractivity contribution is 7.12. The minimum Gasteiger partial charge on any atom is -0.389 e. The van der Waals surface area contributed by atoms with E-state index in [4.69, 9.17) is 0 Å². The predicted octanol–water partition coefficient (Wildman–Crippen LogP) is 3.05. The van der Waals surface area contributed by atoms with Crippen molar-refractivity contribution in [1.29, 1.82) is 0 Å². The van der Waals surface area contributed by atoms with E-state index in [0.717, 1.165) is 5.56 Å². The van der Waals surface area contributed by atoms with Crippen molar-refractivity contribution >= 4 is 22.9 Å². The van der Waals surface area contributed by atoms with Crippen LogP contribution in [0.1, 0.15) is 28.3 Å². The maximum absolute atomic E-state index is 11.9. The van der Waals surface area contributed by atoms with Crippen LogP contribution in [0.15, 0.2) is 41.8 Å². The van der Waals surface area contributed by atoms with E-state index in [1.165, 1.54) is 11.3 Å². The van der Waals surface area contributed by atoms with Gasteiger partial charge in [-0.05, 0) is 24.4 Å². The highest BCUT2D eigenvalue weighted by atomic mass is 32.1. The molecule has 1 aromatic carbocycles. The van der Waals surface area contributed by atoms with Crippen LogP contribution in [0.5, 0.6) is 0 Å². The fourth-order valence-electron chi connectivity index (χ4n) is 1.57. The van der Waals surface area contributed by atoms with Gasteiger partial charge in [-0.3, -0.25) is 4.79 Å². The molecule has 0 bridgehead atoms. The van der Waals surface area contributed by atoms with Crippen molar-refractivity contribution in [1.82, 2.24) is 0 Å². The summed E-state index contributed by atoms with van der Waals surface area (Å²) < 4.78 is 0. The number of anilines is 1. The van der Waals surface area contributed by atoms with Crippen LogP contribution in [-0.2, 0) is 0 Å². The van der Waals surface area contributed by atoms with Gasteiger partial charge in [-0.1, -0.05) is 24.3 Å². The summed E-state index contributed by atoms with van der Waals surface area (Å²) in [4.78, 5) is 12.5. The summed E-state index contributed by atoms with van der Waals surface area (Å²) in [6, 6.07) is 10.9. The molecule has 0 radical (unpaired) electrons. The average molecular weight is 247 g/mol. The van der Waals surface area contributed by atoms with Crippen LogP contribution in [0, 0.1) is 0 Å². The molecule has 1 unspecified atom stereocenters. The van der Waals surface area contributed by atoms with E-state index >= 15 is 0 Å². The van der Waals surface area contributed by atoms with E-state index in [-0.39, 0.29) is 5.91 Å². The van der Waals surface area contributed by atoms with Gasteiger partial charge < -0.3 is 10.4 Å². The number of rotatable bonds is 3. The Labute approximate surface area is 104 Å². The third-order valence-electron chi connectivity index (χ3n) is 2.40. The Bertz CT molecular complexity index is 506. The van der Waals surface area contributed by atoms with Crippen LogP contribution in [0.25, 0.3) is 0 Å². The van der Waals surface area contributed by atoms with Crippen molar-refractivity contribution in [3.8, 4) is 0 Å². The van der Waals surface area contributed by atoms with Gasteiger partial charge in [0.25, 0.3) is 5.91 Å². The molecule has 0 fully saturated rings. The highest BCUT2D eigenvalue weighted by Gasteiger charge is 2.11. The molecule has 1 heterocycles. The Hall–Kier alpha value is -1.65. The largest absolute Gasteiger partial charge is 0.389 e. The van der Waals surface area contributed by atoms with Crippen molar-refractivity contribution in [3.05, 3.63) is 52.2 Å². The lowest BCUT2D eigenvalue weighted by Crippen LogP contribution is -2.12.